The van der Waals surface area contributed by atoms with Gasteiger partial charge in [-0.15, -0.1) is 10.2 Å². The number of amides is 1. The number of benzene rings is 3. The monoisotopic (exact) mass is 457 g/mol. The Bertz CT molecular complexity index is 1230. The van der Waals surface area contributed by atoms with Crippen LogP contribution in [0.3, 0.4) is 0 Å². The third-order valence-corrected chi connectivity index (χ3v) is 5.36. The van der Waals surface area contributed by atoms with Crippen molar-refractivity contribution < 1.29 is 19.0 Å². The van der Waals surface area contributed by atoms with E-state index in [4.69, 9.17) is 14.2 Å². The molecule has 4 aromatic rings. The molecule has 1 aliphatic heterocycles. The van der Waals surface area contributed by atoms with Crippen LogP contribution in [0.15, 0.2) is 72.8 Å². The largest absolute Gasteiger partial charge is 0.494 e. The first-order valence-corrected chi connectivity index (χ1v) is 11.0. The summed E-state index contributed by atoms with van der Waals surface area (Å²) in [6.07, 6.45) is 1.35. The number of fused-ring (bicyclic) bond motifs is 1. The molecule has 0 fully saturated rings. The Morgan fingerprint density at radius 2 is 1.91 bits per heavy atom. The second-order valence-corrected chi connectivity index (χ2v) is 7.74. The van der Waals surface area contributed by atoms with Gasteiger partial charge in [0.15, 0.2) is 17.6 Å². The van der Waals surface area contributed by atoms with Crippen LogP contribution in [0, 0.1) is 0 Å². The number of ether oxygens (including phenoxy) is 3. The van der Waals surface area contributed by atoms with E-state index in [1.165, 1.54) is 5.56 Å². The van der Waals surface area contributed by atoms with Crippen molar-refractivity contribution in [3.8, 4) is 17.2 Å². The predicted octanol–water partition coefficient (Wildman–Crippen LogP) is 3.98. The first-order chi connectivity index (χ1) is 16.8. The average Bonchev–Trinajstić information content (AvgIpc) is 3.43. The van der Waals surface area contributed by atoms with Gasteiger partial charge in [0, 0.05) is 5.56 Å². The number of nitrogens with zero attached hydrogens (tertiary/aromatic N) is 3. The lowest BCUT2D eigenvalue weighted by Crippen LogP contribution is -2.24. The van der Waals surface area contributed by atoms with E-state index in [2.05, 4.69) is 38.1 Å². The third-order valence-electron chi connectivity index (χ3n) is 5.36. The van der Waals surface area contributed by atoms with Gasteiger partial charge < -0.3 is 19.5 Å². The maximum Gasteiger partial charge on any atom is 0.255 e. The lowest BCUT2D eigenvalue weighted by molar-refractivity contribution is 0.0856. The Hall–Kier alpha value is -4.40. The summed E-state index contributed by atoms with van der Waals surface area (Å²) in [4.78, 5) is 12.9. The number of rotatable bonds is 8. The quantitative estimate of drug-likeness (QED) is 0.385. The number of hydrogen-bond donors (Lipinski definition) is 2. The minimum atomic E-state index is -0.525. The lowest BCUT2D eigenvalue weighted by atomic mass is 10.1. The summed E-state index contributed by atoms with van der Waals surface area (Å²) in [6, 6.07) is 22.7. The highest BCUT2D eigenvalue weighted by Gasteiger charge is 2.28. The zero-order chi connectivity index (χ0) is 23.2. The van der Waals surface area contributed by atoms with Crippen molar-refractivity contribution in [3.05, 3.63) is 89.7 Å². The number of hydrogen-bond acceptors (Lipinski definition) is 7. The standard InChI is InChI=1S/C25H23N5O4/c31-25(18-11-13-19(14-12-18)32-15-5-8-17-6-2-1-3-7-17)26-20-9-4-10-21-23(20)34-22(16-33-21)24-27-29-30-28-24/h1-4,6-7,9-14,22H,5,8,15-16H2,(H,26,31)(H,27,28,29,30). The first-order valence-electron chi connectivity index (χ1n) is 11.0. The van der Waals surface area contributed by atoms with Crippen LogP contribution in [-0.4, -0.2) is 39.7 Å². The number of carbonyl (C=O) groups excluding carboxylic acids is 1. The minimum Gasteiger partial charge on any atom is -0.494 e. The van der Waals surface area contributed by atoms with Gasteiger partial charge >= 0.3 is 0 Å². The van der Waals surface area contributed by atoms with E-state index < -0.39 is 6.10 Å². The molecule has 0 spiro atoms. The van der Waals surface area contributed by atoms with Crippen LogP contribution in [0.5, 0.6) is 17.2 Å². The van der Waals surface area contributed by atoms with Crippen LogP contribution in [0.25, 0.3) is 0 Å². The van der Waals surface area contributed by atoms with Gasteiger partial charge in [-0.25, -0.2) is 0 Å². The molecule has 9 heteroatoms. The molecule has 5 rings (SSSR count). The molecule has 1 atom stereocenters. The van der Waals surface area contributed by atoms with Crippen LogP contribution in [0.1, 0.15) is 34.3 Å². The SMILES string of the molecule is O=C(Nc1cccc2c1OC(c1nn[nH]n1)CO2)c1ccc(OCCCc2ccccc2)cc1. The van der Waals surface area contributed by atoms with Gasteiger partial charge in [-0.1, -0.05) is 41.6 Å². The number of aryl methyl sites for hydroxylation is 1. The van der Waals surface area contributed by atoms with E-state index >= 15 is 0 Å². The molecule has 0 aliphatic carbocycles. The molecule has 0 radical (unpaired) electrons. The Balaban J connectivity index is 1.18. The van der Waals surface area contributed by atoms with Crippen LogP contribution >= 0.6 is 0 Å². The molecular weight excluding hydrogens is 434 g/mol. The summed E-state index contributed by atoms with van der Waals surface area (Å²) in [6.45, 7) is 0.853. The molecule has 2 heterocycles. The molecule has 34 heavy (non-hydrogen) atoms. The molecular formula is C25H23N5O4. The van der Waals surface area contributed by atoms with Gasteiger partial charge in [-0.3, -0.25) is 4.79 Å². The first kappa shape index (κ1) is 21.4. The fourth-order valence-electron chi connectivity index (χ4n) is 3.63. The van der Waals surface area contributed by atoms with Gasteiger partial charge in [-0.05, 0) is 54.8 Å². The van der Waals surface area contributed by atoms with Crippen molar-refractivity contribution in [2.45, 2.75) is 18.9 Å². The second kappa shape index (κ2) is 10.0. The van der Waals surface area contributed by atoms with Crippen molar-refractivity contribution in [1.29, 1.82) is 0 Å². The lowest BCUT2D eigenvalue weighted by Gasteiger charge is -2.26. The fraction of sp³-hybridized carbons (Fsp3) is 0.200. The van der Waals surface area contributed by atoms with Crippen molar-refractivity contribution in [2.24, 2.45) is 0 Å². The maximum absolute atomic E-state index is 12.9. The van der Waals surface area contributed by atoms with E-state index in [0.29, 0.717) is 35.2 Å². The maximum atomic E-state index is 12.9. The van der Waals surface area contributed by atoms with Gasteiger partial charge in [0.1, 0.15) is 12.4 Å². The summed E-state index contributed by atoms with van der Waals surface area (Å²) >= 11 is 0. The topological polar surface area (TPSA) is 111 Å². The van der Waals surface area contributed by atoms with Gasteiger partial charge in [0.2, 0.25) is 5.82 Å². The van der Waals surface area contributed by atoms with Crippen molar-refractivity contribution in [2.75, 3.05) is 18.5 Å². The van der Waals surface area contributed by atoms with Crippen LogP contribution in [0.4, 0.5) is 5.69 Å². The third kappa shape index (κ3) is 4.98. The number of anilines is 1. The van der Waals surface area contributed by atoms with Crippen molar-refractivity contribution in [1.82, 2.24) is 20.6 Å². The van der Waals surface area contributed by atoms with E-state index in [-0.39, 0.29) is 12.5 Å². The zero-order valence-corrected chi connectivity index (χ0v) is 18.3. The second-order valence-electron chi connectivity index (χ2n) is 7.74. The predicted molar refractivity (Wildman–Crippen MR) is 124 cm³/mol. The smallest absolute Gasteiger partial charge is 0.255 e. The summed E-state index contributed by atoms with van der Waals surface area (Å²) in [5.74, 6) is 1.80. The number of aromatic nitrogens is 4. The molecule has 172 valence electrons. The molecule has 0 saturated heterocycles. The highest BCUT2D eigenvalue weighted by Crippen LogP contribution is 2.41. The molecule has 1 aromatic heterocycles. The molecule has 1 unspecified atom stereocenters. The Morgan fingerprint density at radius 3 is 2.71 bits per heavy atom. The molecule has 0 bridgehead atoms. The zero-order valence-electron chi connectivity index (χ0n) is 18.3. The van der Waals surface area contributed by atoms with Crippen molar-refractivity contribution >= 4 is 11.6 Å². The molecule has 1 amide bonds. The number of H-pyrrole nitrogens is 1. The summed E-state index contributed by atoms with van der Waals surface area (Å²) < 4.78 is 17.6. The summed E-state index contributed by atoms with van der Waals surface area (Å²) in [7, 11) is 0. The molecule has 2 N–H and O–H groups in total. The molecule has 1 aliphatic rings. The summed E-state index contributed by atoms with van der Waals surface area (Å²) in [5, 5.41) is 16.8. The number of aromatic amines is 1. The molecule has 3 aromatic carbocycles. The Kier molecular flexibility index (Phi) is 6.33. The van der Waals surface area contributed by atoms with Gasteiger partial charge in [0.25, 0.3) is 5.91 Å². The summed E-state index contributed by atoms with van der Waals surface area (Å²) in [5.41, 5.74) is 2.29. The highest BCUT2D eigenvalue weighted by molar-refractivity contribution is 6.05. The van der Waals surface area contributed by atoms with Crippen LogP contribution in [-0.2, 0) is 6.42 Å². The number of nitrogens with one attached hydrogen (secondary N) is 2. The minimum absolute atomic E-state index is 0.247. The van der Waals surface area contributed by atoms with E-state index in [1.54, 1.807) is 42.5 Å². The highest BCUT2D eigenvalue weighted by atomic mass is 16.6. The average molecular weight is 457 g/mol. The number of tetrazole rings is 1. The van der Waals surface area contributed by atoms with Crippen LogP contribution < -0.4 is 19.5 Å². The number of carbonyl (C=O) groups is 1. The Labute approximate surface area is 196 Å². The van der Waals surface area contributed by atoms with E-state index in [1.807, 2.05) is 18.2 Å². The van der Waals surface area contributed by atoms with Gasteiger partial charge in [-0.2, -0.15) is 5.21 Å². The fourth-order valence-corrected chi connectivity index (χ4v) is 3.63. The van der Waals surface area contributed by atoms with Gasteiger partial charge in [0.05, 0.1) is 12.3 Å². The molecule has 0 saturated carbocycles. The van der Waals surface area contributed by atoms with E-state index in [0.717, 1.165) is 18.6 Å². The Morgan fingerprint density at radius 1 is 1.06 bits per heavy atom. The molecule has 9 nitrogen and oxygen atoms in total. The normalized spacial score (nSPS) is 14.4. The number of para-hydroxylation sites is 1. The van der Waals surface area contributed by atoms with E-state index in [9.17, 15) is 4.79 Å². The van der Waals surface area contributed by atoms with Crippen LogP contribution in [0.2, 0.25) is 0 Å². The van der Waals surface area contributed by atoms with Crippen molar-refractivity contribution in [3.63, 3.8) is 0 Å².